The summed E-state index contributed by atoms with van der Waals surface area (Å²) in [7, 11) is 1.68. The Bertz CT molecular complexity index is 577. The summed E-state index contributed by atoms with van der Waals surface area (Å²) in [6.07, 6.45) is 4.26. The van der Waals surface area contributed by atoms with Gasteiger partial charge < -0.3 is 15.4 Å². The van der Waals surface area contributed by atoms with Crippen LogP contribution in [0.4, 0.5) is 5.82 Å². The monoisotopic (exact) mass is 283 g/mol. The first-order valence-corrected chi connectivity index (χ1v) is 7.42. The van der Waals surface area contributed by atoms with E-state index in [1.54, 1.807) is 7.11 Å². The second-order valence-corrected chi connectivity index (χ2v) is 5.29. The molecule has 2 heterocycles. The Morgan fingerprint density at radius 1 is 1.29 bits per heavy atom. The predicted octanol–water partition coefficient (Wildman–Crippen LogP) is 3.13. The number of benzene rings is 1. The highest BCUT2D eigenvalue weighted by Gasteiger charge is 2.19. The first kappa shape index (κ1) is 13.9. The van der Waals surface area contributed by atoms with Crippen molar-refractivity contribution in [2.75, 3.05) is 19.0 Å². The molecule has 1 aliphatic rings. The van der Waals surface area contributed by atoms with Gasteiger partial charge in [0.15, 0.2) is 0 Å². The van der Waals surface area contributed by atoms with Gasteiger partial charge in [0.1, 0.15) is 11.6 Å². The molecule has 1 aromatic heterocycles. The minimum Gasteiger partial charge on any atom is -0.497 e. The second-order valence-electron chi connectivity index (χ2n) is 5.29. The molecule has 0 saturated carbocycles. The molecule has 1 atom stereocenters. The summed E-state index contributed by atoms with van der Waals surface area (Å²) >= 11 is 0. The molecule has 0 unspecified atom stereocenters. The molecule has 2 aromatic rings. The summed E-state index contributed by atoms with van der Waals surface area (Å²) in [6, 6.07) is 12.7. The van der Waals surface area contributed by atoms with E-state index in [1.165, 1.54) is 24.0 Å². The van der Waals surface area contributed by atoms with Gasteiger partial charge in [0, 0.05) is 24.3 Å². The van der Waals surface area contributed by atoms with Crippen LogP contribution in [0.15, 0.2) is 42.6 Å². The van der Waals surface area contributed by atoms with Gasteiger partial charge in [-0.2, -0.15) is 0 Å². The van der Waals surface area contributed by atoms with Crippen molar-refractivity contribution in [2.24, 2.45) is 0 Å². The molecule has 2 N–H and O–H groups in total. The predicted molar refractivity (Wildman–Crippen MR) is 84.5 cm³/mol. The lowest BCUT2D eigenvalue weighted by atomic mass is 10.1. The number of anilines is 1. The van der Waals surface area contributed by atoms with Gasteiger partial charge in [-0.3, -0.25) is 0 Å². The van der Waals surface area contributed by atoms with E-state index in [0.29, 0.717) is 6.04 Å². The topological polar surface area (TPSA) is 46.2 Å². The van der Waals surface area contributed by atoms with Crippen LogP contribution in [0.1, 0.15) is 30.0 Å². The van der Waals surface area contributed by atoms with Crippen LogP contribution in [0, 0.1) is 0 Å². The highest BCUT2D eigenvalue weighted by molar-refractivity contribution is 5.46. The zero-order valence-corrected chi connectivity index (χ0v) is 12.3. The molecule has 1 aliphatic heterocycles. The van der Waals surface area contributed by atoms with Gasteiger partial charge in [0.2, 0.25) is 0 Å². The highest BCUT2D eigenvalue weighted by Crippen LogP contribution is 2.27. The van der Waals surface area contributed by atoms with Crippen molar-refractivity contribution >= 4 is 5.82 Å². The largest absolute Gasteiger partial charge is 0.497 e. The minimum atomic E-state index is 0.428. The molecular weight excluding hydrogens is 262 g/mol. The van der Waals surface area contributed by atoms with Crippen molar-refractivity contribution in [3.63, 3.8) is 0 Å². The summed E-state index contributed by atoms with van der Waals surface area (Å²) in [6.45, 7) is 1.86. The Morgan fingerprint density at radius 3 is 2.86 bits per heavy atom. The number of rotatable bonds is 5. The average Bonchev–Trinajstić information content (AvgIpc) is 3.08. The molecule has 0 spiro atoms. The molecule has 21 heavy (non-hydrogen) atoms. The fourth-order valence-corrected chi connectivity index (χ4v) is 2.73. The summed E-state index contributed by atoms with van der Waals surface area (Å²) in [5.74, 6) is 1.86. The molecule has 3 rings (SSSR count). The maximum atomic E-state index is 5.18. The smallest absolute Gasteiger partial charge is 0.130 e. The van der Waals surface area contributed by atoms with Gasteiger partial charge in [0.05, 0.1) is 7.11 Å². The van der Waals surface area contributed by atoms with E-state index in [4.69, 9.17) is 4.74 Å². The van der Waals surface area contributed by atoms with Crippen LogP contribution in [0.25, 0.3) is 0 Å². The number of pyridine rings is 1. The lowest BCUT2D eigenvalue weighted by Crippen LogP contribution is -2.15. The van der Waals surface area contributed by atoms with Crippen molar-refractivity contribution in [3.8, 4) is 5.75 Å². The molecular formula is C17H21N3O. The molecule has 110 valence electrons. The third-order valence-electron chi connectivity index (χ3n) is 3.89. The van der Waals surface area contributed by atoms with Crippen LogP contribution in [0.3, 0.4) is 0 Å². The minimum absolute atomic E-state index is 0.428. The number of nitrogens with one attached hydrogen (secondary N) is 2. The summed E-state index contributed by atoms with van der Waals surface area (Å²) in [4.78, 5) is 4.50. The number of methoxy groups -OCH3 is 1. The van der Waals surface area contributed by atoms with Crippen LogP contribution >= 0.6 is 0 Å². The van der Waals surface area contributed by atoms with Gasteiger partial charge in [-0.25, -0.2) is 4.98 Å². The molecule has 0 bridgehead atoms. The maximum absolute atomic E-state index is 5.18. The average molecular weight is 283 g/mol. The van der Waals surface area contributed by atoms with Gasteiger partial charge in [-0.1, -0.05) is 18.2 Å². The second kappa shape index (κ2) is 6.59. The van der Waals surface area contributed by atoms with E-state index in [0.717, 1.165) is 24.7 Å². The SMILES string of the molecule is COc1ccc(CNc2ncccc2[C@H]2CCCN2)cc1. The van der Waals surface area contributed by atoms with E-state index in [1.807, 2.05) is 24.4 Å². The van der Waals surface area contributed by atoms with E-state index >= 15 is 0 Å². The molecule has 0 radical (unpaired) electrons. The lowest BCUT2D eigenvalue weighted by Gasteiger charge is -2.16. The quantitative estimate of drug-likeness (QED) is 0.885. The zero-order valence-electron chi connectivity index (χ0n) is 12.3. The summed E-state index contributed by atoms with van der Waals surface area (Å²) in [5, 5.41) is 6.98. The van der Waals surface area contributed by atoms with Crippen molar-refractivity contribution in [2.45, 2.75) is 25.4 Å². The molecule has 1 saturated heterocycles. The number of aromatic nitrogens is 1. The van der Waals surface area contributed by atoms with Crippen LogP contribution in [0.2, 0.25) is 0 Å². The first-order chi connectivity index (χ1) is 10.4. The van der Waals surface area contributed by atoms with Crippen LogP contribution in [0.5, 0.6) is 5.75 Å². The van der Waals surface area contributed by atoms with E-state index in [2.05, 4.69) is 33.8 Å². The molecule has 4 heteroatoms. The lowest BCUT2D eigenvalue weighted by molar-refractivity contribution is 0.414. The Morgan fingerprint density at radius 2 is 2.14 bits per heavy atom. The highest BCUT2D eigenvalue weighted by atomic mass is 16.5. The van der Waals surface area contributed by atoms with E-state index in [9.17, 15) is 0 Å². The molecule has 0 amide bonds. The number of nitrogens with zero attached hydrogens (tertiary/aromatic N) is 1. The summed E-state index contributed by atoms with van der Waals surface area (Å²) in [5.41, 5.74) is 2.48. The Hall–Kier alpha value is -2.07. The fourth-order valence-electron chi connectivity index (χ4n) is 2.73. The number of ether oxygens (including phenoxy) is 1. The van der Waals surface area contributed by atoms with Crippen molar-refractivity contribution in [1.82, 2.24) is 10.3 Å². The zero-order chi connectivity index (χ0) is 14.5. The number of hydrogen-bond donors (Lipinski definition) is 2. The Labute approximate surface area is 125 Å². The van der Waals surface area contributed by atoms with Gasteiger partial charge in [-0.15, -0.1) is 0 Å². The van der Waals surface area contributed by atoms with Crippen molar-refractivity contribution in [3.05, 3.63) is 53.7 Å². The van der Waals surface area contributed by atoms with Gasteiger partial charge in [0.25, 0.3) is 0 Å². The third-order valence-corrected chi connectivity index (χ3v) is 3.89. The molecule has 1 aromatic carbocycles. The fraction of sp³-hybridized carbons (Fsp3) is 0.353. The van der Waals surface area contributed by atoms with Crippen LogP contribution in [-0.4, -0.2) is 18.6 Å². The van der Waals surface area contributed by atoms with Gasteiger partial charge >= 0.3 is 0 Å². The van der Waals surface area contributed by atoms with Crippen molar-refractivity contribution < 1.29 is 4.74 Å². The molecule has 1 fully saturated rings. The van der Waals surface area contributed by atoms with Crippen molar-refractivity contribution in [1.29, 1.82) is 0 Å². The van der Waals surface area contributed by atoms with Crippen LogP contribution in [-0.2, 0) is 6.54 Å². The number of hydrogen-bond acceptors (Lipinski definition) is 4. The van der Waals surface area contributed by atoms with E-state index in [-0.39, 0.29) is 0 Å². The molecule has 4 nitrogen and oxygen atoms in total. The van der Waals surface area contributed by atoms with Gasteiger partial charge in [-0.05, 0) is 43.1 Å². The molecule has 0 aliphatic carbocycles. The Kier molecular flexibility index (Phi) is 4.36. The maximum Gasteiger partial charge on any atom is 0.130 e. The Balaban J connectivity index is 1.69. The van der Waals surface area contributed by atoms with E-state index < -0.39 is 0 Å². The summed E-state index contributed by atoms with van der Waals surface area (Å²) < 4.78 is 5.18. The third kappa shape index (κ3) is 3.34. The normalized spacial score (nSPS) is 17.7. The van der Waals surface area contributed by atoms with Crippen LogP contribution < -0.4 is 15.4 Å². The first-order valence-electron chi connectivity index (χ1n) is 7.42. The standard InChI is InChI=1S/C17H21N3O/c1-21-14-8-6-13(7-9-14)12-20-17-15(4-2-11-19-17)16-5-3-10-18-16/h2,4,6-9,11,16,18H,3,5,10,12H2,1H3,(H,19,20)/t16-/m1/s1.